The molecule has 7 nitrogen and oxygen atoms in total. The number of piperazine rings is 1. The van der Waals surface area contributed by atoms with Gasteiger partial charge in [0.05, 0.1) is 18.2 Å². The van der Waals surface area contributed by atoms with Gasteiger partial charge in [0, 0.05) is 56.8 Å². The van der Waals surface area contributed by atoms with Crippen molar-refractivity contribution in [2.45, 2.75) is 46.8 Å². The molecule has 2 aromatic carbocycles. The Morgan fingerprint density at radius 3 is 2.62 bits per heavy atom. The molecule has 0 radical (unpaired) electrons. The fourth-order valence-corrected chi connectivity index (χ4v) is 6.25. The highest BCUT2D eigenvalue weighted by molar-refractivity contribution is 7.14. The summed E-state index contributed by atoms with van der Waals surface area (Å²) < 4.78 is 11.6. The molecule has 2 fully saturated rings. The number of piperidine rings is 1. The van der Waals surface area contributed by atoms with Crippen LogP contribution in [-0.2, 0) is 22.7 Å². The molecule has 2 saturated heterocycles. The summed E-state index contributed by atoms with van der Waals surface area (Å²) in [5, 5.41) is 6.53. The van der Waals surface area contributed by atoms with Crippen LogP contribution in [0.3, 0.4) is 0 Å². The molecule has 3 heterocycles. The van der Waals surface area contributed by atoms with Gasteiger partial charge in [0.25, 0.3) is 0 Å². The summed E-state index contributed by atoms with van der Waals surface area (Å²) in [5.41, 5.74) is 6.95. The molecule has 1 N–H and O–H groups in total. The van der Waals surface area contributed by atoms with E-state index in [9.17, 15) is 4.79 Å². The summed E-state index contributed by atoms with van der Waals surface area (Å²) in [6.07, 6.45) is 1.61. The van der Waals surface area contributed by atoms with E-state index in [1.54, 1.807) is 11.3 Å². The predicted octanol–water partition coefficient (Wildman–Crippen LogP) is 5.19. The minimum Gasteiger partial charge on any atom is -0.488 e. The number of rotatable bonds is 9. The summed E-state index contributed by atoms with van der Waals surface area (Å²) >= 11 is 1.65. The van der Waals surface area contributed by atoms with Gasteiger partial charge in [-0.1, -0.05) is 29.8 Å². The zero-order valence-electron chi connectivity index (χ0n) is 23.4. The highest BCUT2D eigenvalue weighted by Crippen LogP contribution is 2.36. The van der Waals surface area contributed by atoms with Crippen LogP contribution in [0.25, 0.3) is 11.3 Å². The second-order valence-corrected chi connectivity index (χ2v) is 11.4. The number of carbonyl (C=O) groups is 1. The first-order valence-corrected chi connectivity index (χ1v) is 15.0. The molecule has 0 saturated carbocycles. The van der Waals surface area contributed by atoms with E-state index in [1.165, 1.54) is 22.3 Å². The SMILES string of the molecule is CCOC(=O)C1CCN(c2nc(-c3cc(C)ccc3OCc3ccc(CN4CCNCC4)cc3C)cs2)CC1. The van der Waals surface area contributed by atoms with Crippen LogP contribution >= 0.6 is 11.3 Å². The molecule has 8 heteroatoms. The maximum absolute atomic E-state index is 12.1. The van der Waals surface area contributed by atoms with E-state index < -0.39 is 0 Å². The van der Waals surface area contributed by atoms with Crippen molar-refractivity contribution in [1.29, 1.82) is 0 Å². The van der Waals surface area contributed by atoms with Gasteiger partial charge in [-0.05, 0) is 62.4 Å². The number of nitrogens with one attached hydrogen (secondary N) is 1. The number of aryl methyl sites for hydroxylation is 2. The Morgan fingerprint density at radius 2 is 1.87 bits per heavy atom. The smallest absolute Gasteiger partial charge is 0.309 e. The normalized spacial score (nSPS) is 16.8. The van der Waals surface area contributed by atoms with Crippen molar-refractivity contribution >= 4 is 22.4 Å². The Labute approximate surface area is 236 Å². The van der Waals surface area contributed by atoms with E-state index in [-0.39, 0.29) is 11.9 Å². The van der Waals surface area contributed by atoms with Crippen molar-refractivity contribution in [1.82, 2.24) is 15.2 Å². The van der Waals surface area contributed by atoms with E-state index in [0.717, 1.165) is 80.8 Å². The van der Waals surface area contributed by atoms with Crippen LogP contribution in [0.1, 0.15) is 42.0 Å². The van der Waals surface area contributed by atoms with E-state index in [1.807, 2.05) is 6.92 Å². The van der Waals surface area contributed by atoms with Crippen molar-refractivity contribution in [2.24, 2.45) is 5.92 Å². The van der Waals surface area contributed by atoms with Gasteiger partial charge in [0.2, 0.25) is 0 Å². The number of esters is 1. The minimum atomic E-state index is -0.0667. The van der Waals surface area contributed by atoms with Crippen LogP contribution in [0.15, 0.2) is 41.8 Å². The Kier molecular flexibility index (Phi) is 9.17. The highest BCUT2D eigenvalue weighted by Gasteiger charge is 2.27. The van der Waals surface area contributed by atoms with Gasteiger partial charge >= 0.3 is 5.97 Å². The molecule has 0 amide bonds. The summed E-state index contributed by atoms with van der Waals surface area (Å²) in [7, 11) is 0. The number of carbonyl (C=O) groups excluding carboxylic acids is 1. The number of benzene rings is 2. The monoisotopic (exact) mass is 548 g/mol. The minimum absolute atomic E-state index is 0.00278. The molecular formula is C31H40N4O3S. The van der Waals surface area contributed by atoms with E-state index in [4.69, 9.17) is 14.5 Å². The Balaban J connectivity index is 1.24. The summed E-state index contributed by atoms with van der Waals surface area (Å²) in [6.45, 7) is 14.1. The van der Waals surface area contributed by atoms with Gasteiger partial charge < -0.3 is 19.7 Å². The fourth-order valence-electron chi connectivity index (χ4n) is 5.37. The van der Waals surface area contributed by atoms with Crippen LogP contribution in [-0.4, -0.2) is 61.7 Å². The van der Waals surface area contributed by atoms with Crippen molar-refractivity contribution < 1.29 is 14.3 Å². The van der Waals surface area contributed by atoms with Gasteiger partial charge in [-0.15, -0.1) is 11.3 Å². The molecule has 0 unspecified atom stereocenters. The summed E-state index contributed by atoms with van der Waals surface area (Å²) in [6, 6.07) is 13.1. The number of hydrogen-bond acceptors (Lipinski definition) is 8. The number of nitrogens with zero attached hydrogens (tertiary/aromatic N) is 3. The second-order valence-electron chi connectivity index (χ2n) is 10.6. The standard InChI is InChI=1S/C31H40N4O3S/c1-4-37-30(36)25-9-13-35(14-10-25)31-33-28(21-39-31)27-17-22(2)5-8-29(27)38-20-26-7-6-24(18-23(26)3)19-34-15-11-32-12-16-34/h5-8,17-18,21,25,32H,4,9-16,19-20H2,1-3H3. The quantitative estimate of drug-likeness (QED) is 0.369. The van der Waals surface area contributed by atoms with Crippen molar-refractivity contribution in [3.63, 3.8) is 0 Å². The molecule has 3 aromatic rings. The van der Waals surface area contributed by atoms with Crippen LogP contribution in [0.4, 0.5) is 5.13 Å². The fraction of sp³-hybridized carbons (Fsp3) is 0.484. The maximum atomic E-state index is 12.1. The number of thiazole rings is 1. The van der Waals surface area contributed by atoms with Gasteiger partial charge in [0.15, 0.2) is 5.13 Å². The topological polar surface area (TPSA) is 66.9 Å². The first-order chi connectivity index (χ1) is 19.0. The number of anilines is 1. The van der Waals surface area contributed by atoms with Crippen LogP contribution in [0.2, 0.25) is 0 Å². The lowest BCUT2D eigenvalue weighted by Crippen LogP contribution is -2.42. The van der Waals surface area contributed by atoms with E-state index in [0.29, 0.717) is 13.2 Å². The van der Waals surface area contributed by atoms with Gasteiger partial charge in [-0.3, -0.25) is 9.69 Å². The third-order valence-electron chi connectivity index (χ3n) is 7.69. The van der Waals surface area contributed by atoms with Crippen LogP contribution in [0.5, 0.6) is 5.75 Å². The lowest BCUT2D eigenvalue weighted by atomic mass is 9.97. The second kappa shape index (κ2) is 12.9. The molecule has 0 bridgehead atoms. The molecular weight excluding hydrogens is 508 g/mol. The highest BCUT2D eigenvalue weighted by atomic mass is 32.1. The third kappa shape index (κ3) is 6.99. The average molecular weight is 549 g/mol. The lowest BCUT2D eigenvalue weighted by Gasteiger charge is -2.30. The van der Waals surface area contributed by atoms with E-state index in [2.05, 4.69) is 70.7 Å². The molecule has 0 atom stereocenters. The predicted molar refractivity (Wildman–Crippen MR) is 158 cm³/mol. The number of aromatic nitrogens is 1. The Hall–Kier alpha value is -2.94. The molecule has 208 valence electrons. The largest absolute Gasteiger partial charge is 0.488 e. The van der Waals surface area contributed by atoms with Crippen LogP contribution in [0, 0.1) is 19.8 Å². The molecule has 0 spiro atoms. The van der Waals surface area contributed by atoms with Crippen molar-refractivity contribution in [3.05, 3.63) is 64.0 Å². The van der Waals surface area contributed by atoms with E-state index >= 15 is 0 Å². The van der Waals surface area contributed by atoms with Crippen molar-refractivity contribution in [2.75, 3.05) is 50.8 Å². The molecule has 5 rings (SSSR count). The molecule has 2 aliphatic rings. The Morgan fingerprint density at radius 1 is 1.08 bits per heavy atom. The average Bonchev–Trinajstić information content (AvgIpc) is 3.44. The van der Waals surface area contributed by atoms with Gasteiger partial charge in [-0.2, -0.15) is 0 Å². The third-order valence-corrected chi connectivity index (χ3v) is 8.60. The summed E-state index contributed by atoms with van der Waals surface area (Å²) in [4.78, 5) is 21.9. The summed E-state index contributed by atoms with van der Waals surface area (Å²) in [5.74, 6) is 0.780. The van der Waals surface area contributed by atoms with Crippen LogP contribution < -0.4 is 15.0 Å². The molecule has 0 aliphatic carbocycles. The zero-order chi connectivity index (χ0) is 27.2. The molecule has 2 aliphatic heterocycles. The van der Waals surface area contributed by atoms with Crippen molar-refractivity contribution in [3.8, 4) is 17.0 Å². The molecule has 1 aromatic heterocycles. The van der Waals surface area contributed by atoms with Gasteiger partial charge in [-0.25, -0.2) is 4.98 Å². The molecule has 39 heavy (non-hydrogen) atoms. The lowest BCUT2D eigenvalue weighted by molar-refractivity contribution is -0.148. The number of hydrogen-bond donors (Lipinski definition) is 1. The Bertz CT molecular complexity index is 1260. The zero-order valence-corrected chi connectivity index (χ0v) is 24.2. The first-order valence-electron chi connectivity index (χ1n) is 14.1. The van der Waals surface area contributed by atoms with Gasteiger partial charge in [0.1, 0.15) is 12.4 Å². The maximum Gasteiger partial charge on any atom is 0.309 e. The first kappa shape index (κ1) is 27.6. The number of ether oxygens (including phenoxy) is 2.